The lowest BCUT2D eigenvalue weighted by atomic mass is 9.95. The fourth-order valence-electron chi connectivity index (χ4n) is 1.85. The molecule has 1 rings (SSSR count). The third-order valence-electron chi connectivity index (χ3n) is 2.65. The smallest absolute Gasteiger partial charge is 0.173 e. The molecule has 1 aliphatic heterocycles. The van der Waals surface area contributed by atoms with Gasteiger partial charge in [0.05, 0.1) is 12.1 Å². The summed E-state index contributed by atoms with van der Waals surface area (Å²) in [6.07, 6.45) is -2.96. The van der Waals surface area contributed by atoms with Gasteiger partial charge in [-0.2, -0.15) is 0 Å². The van der Waals surface area contributed by atoms with Crippen LogP contribution < -0.4 is 5.32 Å². The SMILES string of the molecule is CCC1OC(O)C(NC(C)C)C(O)C1O. The Morgan fingerprint density at radius 2 is 1.80 bits per heavy atom. The third-order valence-corrected chi connectivity index (χ3v) is 2.65. The molecule has 0 aliphatic carbocycles. The Hall–Kier alpha value is -0.200. The molecule has 0 aromatic rings. The molecule has 0 amide bonds. The molecule has 5 atom stereocenters. The zero-order chi connectivity index (χ0) is 11.6. The van der Waals surface area contributed by atoms with E-state index in [0.29, 0.717) is 6.42 Å². The second kappa shape index (κ2) is 5.23. The molecule has 5 nitrogen and oxygen atoms in total. The van der Waals surface area contributed by atoms with E-state index in [4.69, 9.17) is 4.74 Å². The zero-order valence-corrected chi connectivity index (χ0v) is 9.42. The minimum absolute atomic E-state index is 0.105. The van der Waals surface area contributed by atoms with E-state index in [1.165, 1.54) is 0 Å². The summed E-state index contributed by atoms with van der Waals surface area (Å²) < 4.78 is 5.21. The maximum Gasteiger partial charge on any atom is 0.173 e. The van der Waals surface area contributed by atoms with Gasteiger partial charge in [-0.3, -0.25) is 0 Å². The molecule has 90 valence electrons. The van der Waals surface area contributed by atoms with Crippen LogP contribution in [0.2, 0.25) is 0 Å². The first-order valence-electron chi connectivity index (χ1n) is 5.43. The minimum atomic E-state index is -1.07. The molecule has 1 aliphatic rings. The molecular weight excluding hydrogens is 198 g/mol. The van der Waals surface area contributed by atoms with Gasteiger partial charge in [0.25, 0.3) is 0 Å². The molecule has 15 heavy (non-hydrogen) atoms. The molecular formula is C10H21NO4. The van der Waals surface area contributed by atoms with Crippen molar-refractivity contribution in [2.45, 2.75) is 63.9 Å². The quantitative estimate of drug-likeness (QED) is 0.500. The van der Waals surface area contributed by atoms with Crippen molar-refractivity contribution < 1.29 is 20.1 Å². The fraction of sp³-hybridized carbons (Fsp3) is 1.00. The van der Waals surface area contributed by atoms with Gasteiger partial charge in [0, 0.05) is 6.04 Å². The number of aliphatic hydroxyl groups is 3. The van der Waals surface area contributed by atoms with E-state index in [0.717, 1.165) is 0 Å². The van der Waals surface area contributed by atoms with Crippen LogP contribution in [0.5, 0.6) is 0 Å². The van der Waals surface area contributed by atoms with Crippen molar-refractivity contribution in [1.29, 1.82) is 0 Å². The van der Waals surface area contributed by atoms with E-state index in [-0.39, 0.29) is 6.04 Å². The largest absolute Gasteiger partial charge is 0.388 e. The van der Waals surface area contributed by atoms with Gasteiger partial charge in [0.15, 0.2) is 6.29 Å². The van der Waals surface area contributed by atoms with Crippen LogP contribution in [0.3, 0.4) is 0 Å². The number of rotatable bonds is 3. The van der Waals surface area contributed by atoms with E-state index in [1.807, 2.05) is 20.8 Å². The Balaban J connectivity index is 2.66. The van der Waals surface area contributed by atoms with Crippen LogP contribution in [0.15, 0.2) is 0 Å². The molecule has 5 heteroatoms. The van der Waals surface area contributed by atoms with Gasteiger partial charge in [0.2, 0.25) is 0 Å². The Labute approximate surface area is 90.1 Å². The summed E-state index contributed by atoms with van der Waals surface area (Å²) in [5.74, 6) is 0. The van der Waals surface area contributed by atoms with E-state index < -0.39 is 30.6 Å². The van der Waals surface area contributed by atoms with Crippen LogP contribution in [0.25, 0.3) is 0 Å². The third kappa shape index (κ3) is 2.89. The second-order valence-electron chi connectivity index (χ2n) is 4.30. The molecule has 0 bridgehead atoms. The molecule has 5 unspecified atom stereocenters. The maximum atomic E-state index is 9.81. The van der Waals surface area contributed by atoms with E-state index in [9.17, 15) is 15.3 Å². The van der Waals surface area contributed by atoms with E-state index >= 15 is 0 Å². The van der Waals surface area contributed by atoms with Crippen LogP contribution in [0, 0.1) is 0 Å². The van der Waals surface area contributed by atoms with Crippen LogP contribution in [0.1, 0.15) is 27.2 Å². The van der Waals surface area contributed by atoms with Crippen molar-refractivity contribution in [3.63, 3.8) is 0 Å². The van der Waals surface area contributed by atoms with Crippen LogP contribution in [0.4, 0.5) is 0 Å². The van der Waals surface area contributed by atoms with Gasteiger partial charge in [0.1, 0.15) is 12.2 Å². The topological polar surface area (TPSA) is 82.0 Å². The van der Waals surface area contributed by atoms with Crippen molar-refractivity contribution in [3.05, 3.63) is 0 Å². The lowest BCUT2D eigenvalue weighted by Crippen LogP contribution is -2.63. The summed E-state index contributed by atoms with van der Waals surface area (Å²) in [5.41, 5.74) is 0. The summed E-state index contributed by atoms with van der Waals surface area (Å²) in [5, 5.41) is 32.1. The number of nitrogens with one attached hydrogen (secondary N) is 1. The number of ether oxygens (including phenoxy) is 1. The zero-order valence-electron chi connectivity index (χ0n) is 9.42. The van der Waals surface area contributed by atoms with Gasteiger partial charge in [-0.15, -0.1) is 0 Å². The molecule has 0 aromatic heterocycles. The Kier molecular flexibility index (Phi) is 4.48. The fourth-order valence-corrected chi connectivity index (χ4v) is 1.85. The second-order valence-corrected chi connectivity index (χ2v) is 4.30. The number of hydrogen-bond acceptors (Lipinski definition) is 5. The molecule has 1 fully saturated rings. The average Bonchev–Trinajstić information content (AvgIpc) is 2.18. The predicted octanol–water partition coefficient (Wildman–Crippen LogP) is -0.798. The predicted molar refractivity (Wildman–Crippen MR) is 55.2 cm³/mol. The molecule has 4 N–H and O–H groups in total. The van der Waals surface area contributed by atoms with Crippen molar-refractivity contribution in [2.75, 3.05) is 0 Å². The Bertz CT molecular complexity index is 200. The van der Waals surface area contributed by atoms with Gasteiger partial charge in [-0.25, -0.2) is 0 Å². The highest BCUT2D eigenvalue weighted by Crippen LogP contribution is 2.22. The summed E-state index contributed by atoms with van der Waals surface area (Å²) in [4.78, 5) is 0. The average molecular weight is 219 g/mol. The molecule has 0 radical (unpaired) electrons. The van der Waals surface area contributed by atoms with Crippen molar-refractivity contribution in [2.24, 2.45) is 0 Å². The van der Waals surface area contributed by atoms with Gasteiger partial charge < -0.3 is 25.4 Å². The molecule has 1 heterocycles. The highest BCUT2D eigenvalue weighted by molar-refractivity contribution is 4.92. The van der Waals surface area contributed by atoms with E-state index in [1.54, 1.807) is 0 Å². The molecule has 1 saturated heterocycles. The minimum Gasteiger partial charge on any atom is -0.388 e. The van der Waals surface area contributed by atoms with E-state index in [2.05, 4.69) is 5.32 Å². The summed E-state index contributed by atoms with van der Waals surface area (Å²) in [6, 6.07) is -0.531. The summed E-state index contributed by atoms with van der Waals surface area (Å²) in [7, 11) is 0. The first-order valence-corrected chi connectivity index (χ1v) is 5.43. The van der Waals surface area contributed by atoms with Crippen molar-refractivity contribution in [1.82, 2.24) is 5.32 Å². The van der Waals surface area contributed by atoms with Crippen LogP contribution in [-0.4, -0.2) is 52.0 Å². The first-order chi connectivity index (χ1) is 6.97. The van der Waals surface area contributed by atoms with Crippen molar-refractivity contribution in [3.8, 4) is 0 Å². The van der Waals surface area contributed by atoms with Gasteiger partial charge in [-0.05, 0) is 6.42 Å². The highest BCUT2D eigenvalue weighted by atomic mass is 16.6. The number of aliphatic hydroxyl groups excluding tert-OH is 3. The molecule has 0 aromatic carbocycles. The number of hydrogen-bond donors (Lipinski definition) is 4. The highest BCUT2D eigenvalue weighted by Gasteiger charge is 2.42. The van der Waals surface area contributed by atoms with Crippen molar-refractivity contribution >= 4 is 0 Å². The van der Waals surface area contributed by atoms with Gasteiger partial charge in [-0.1, -0.05) is 20.8 Å². The molecule has 0 spiro atoms. The summed E-state index contributed by atoms with van der Waals surface area (Å²) in [6.45, 7) is 5.64. The standard InChI is InChI=1S/C10H21NO4/c1-4-6-8(12)9(13)7(10(14)15-6)11-5(2)3/h5-14H,4H2,1-3H3. The Morgan fingerprint density at radius 3 is 2.27 bits per heavy atom. The van der Waals surface area contributed by atoms with Crippen LogP contribution in [-0.2, 0) is 4.74 Å². The Morgan fingerprint density at radius 1 is 1.20 bits per heavy atom. The maximum absolute atomic E-state index is 9.81. The monoisotopic (exact) mass is 219 g/mol. The summed E-state index contributed by atoms with van der Waals surface area (Å²) >= 11 is 0. The van der Waals surface area contributed by atoms with Crippen LogP contribution >= 0.6 is 0 Å². The lowest BCUT2D eigenvalue weighted by molar-refractivity contribution is -0.249. The van der Waals surface area contributed by atoms with Gasteiger partial charge >= 0.3 is 0 Å². The molecule has 0 saturated carbocycles. The lowest BCUT2D eigenvalue weighted by Gasteiger charge is -2.41. The normalized spacial score (nSPS) is 42.2. The first kappa shape index (κ1) is 12.9.